The zero-order chi connectivity index (χ0) is 22.1. The van der Waals surface area contributed by atoms with Crippen LogP contribution < -0.4 is 14.8 Å². The first kappa shape index (κ1) is 21.1. The summed E-state index contributed by atoms with van der Waals surface area (Å²) in [6.45, 7) is -0.495. The standard InChI is InChI=1S/C22H26N2O7/c1-29-14-5-6-16(30-2)15(10-14)23-17(25)11-31-18(26)7-8-24-21(27)19-12-3-4-13(9-12)20(19)22(24)28/h5-6,10,12-13,19-20H,3-4,7-9,11H2,1-2H3,(H,23,25)/t12-,13-,19-,20-/m0/s1. The average Bonchev–Trinajstić information content (AvgIpc) is 3.45. The van der Waals surface area contributed by atoms with Gasteiger partial charge in [0.05, 0.1) is 38.2 Å². The van der Waals surface area contributed by atoms with Crippen LogP contribution in [0.3, 0.4) is 0 Å². The number of rotatable bonds is 8. The lowest BCUT2D eigenvalue weighted by atomic mass is 9.81. The maximum Gasteiger partial charge on any atom is 0.308 e. The summed E-state index contributed by atoms with van der Waals surface area (Å²) >= 11 is 0. The predicted molar refractivity (Wildman–Crippen MR) is 108 cm³/mol. The van der Waals surface area contributed by atoms with E-state index in [1.165, 1.54) is 19.1 Å². The second kappa shape index (κ2) is 8.56. The molecule has 2 bridgehead atoms. The SMILES string of the molecule is COc1ccc(OC)c(NC(=O)COC(=O)CCN2C(=O)[C@H]3[C@H]4CC[C@@H](C4)[C@@H]3C2=O)c1. The number of likely N-dealkylation sites (tertiary alicyclic amines) is 1. The smallest absolute Gasteiger partial charge is 0.308 e. The van der Waals surface area contributed by atoms with Gasteiger partial charge >= 0.3 is 5.97 Å². The molecule has 1 aromatic carbocycles. The van der Waals surface area contributed by atoms with Gasteiger partial charge in [-0.3, -0.25) is 24.1 Å². The zero-order valence-corrected chi connectivity index (χ0v) is 17.6. The number of ether oxygens (including phenoxy) is 3. The number of hydrogen-bond acceptors (Lipinski definition) is 7. The number of nitrogens with zero attached hydrogens (tertiary/aromatic N) is 1. The van der Waals surface area contributed by atoms with Crippen molar-refractivity contribution in [2.75, 3.05) is 32.7 Å². The Kier molecular flexibility index (Phi) is 5.84. The topological polar surface area (TPSA) is 111 Å². The number of fused-ring (bicyclic) bond motifs is 5. The van der Waals surface area contributed by atoms with E-state index in [9.17, 15) is 19.2 Å². The van der Waals surface area contributed by atoms with Gasteiger partial charge in [-0.15, -0.1) is 0 Å². The first-order valence-electron chi connectivity index (χ1n) is 10.5. The van der Waals surface area contributed by atoms with Gasteiger partial charge in [0.15, 0.2) is 6.61 Å². The molecule has 3 aliphatic rings. The first-order valence-corrected chi connectivity index (χ1v) is 10.5. The fraction of sp³-hybridized carbons (Fsp3) is 0.545. The van der Waals surface area contributed by atoms with E-state index >= 15 is 0 Å². The first-order chi connectivity index (χ1) is 14.9. The highest BCUT2D eigenvalue weighted by Crippen LogP contribution is 2.56. The number of nitrogens with one attached hydrogen (secondary N) is 1. The van der Waals surface area contributed by atoms with E-state index in [1.54, 1.807) is 18.2 Å². The number of anilines is 1. The summed E-state index contributed by atoms with van der Waals surface area (Å²) in [5.74, 6) is -0.320. The lowest BCUT2D eigenvalue weighted by Gasteiger charge is -2.19. The lowest BCUT2D eigenvalue weighted by molar-refractivity contribution is -0.149. The molecule has 2 saturated carbocycles. The largest absolute Gasteiger partial charge is 0.497 e. The van der Waals surface area contributed by atoms with Crippen molar-refractivity contribution in [3.63, 3.8) is 0 Å². The molecule has 31 heavy (non-hydrogen) atoms. The highest BCUT2D eigenvalue weighted by Gasteiger charge is 2.60. The lowest BCUT2D eigenvalue weighted by Crippen LogP contribution is -2.35. The van der Waals surface area contributed by atoms with E-state index in [1.807, 2.05) is 0 Å². The van der Waals surface area contributed by atoms with E-state index in [2.05, 4.69) is 5.32 Å². The van der Waals surface area contributed by atoms with Crippen molar-refractivity contribution in [1.29, 1.82) is 0 Å². The number of imide groups is 1. The van der Waals surface area contributed by atoms with Gasteiger partial charge in [-0.05, 0) is 43.2 Å². The molecular formula is C22H26N2O7. The van der Waals surface area contributed by atoms with Crippen molar-refractivity contribution in [3.8, 4) is 11.5 Å². The number of carbonyl (C=O) groups excluding carboxylic acids is 4. The van der Waals surface area contributed by atoms with Crippen LogP contribution in [0.2, 0.25) is 0 Å². The third kappa shape index (κ3) is 3.96. The third-order valence-electron chi connectivity index (χ3n) is 6.60. The van der Waals surface area contributed by atoms with E-state index in [0.717, 1.165) is 19.3 Å². The molecule has 9 heteroatoms. The second-order valence-electron chi connectivity index (χ2n) is 8.24. The molecule has 3 fully saturated rings. The Labute approximate surface area is 180 Å². The number of benzene rings is 1. The summed E-state index contributed by atoms with van der Waals surface area (Å²) in [4.78, 5) is 50.8. The van der Waals surface area contributed by atoms with Gasteiger partial charge in [0, 0.05) is 12.6 Å². The molecule has 4 rings (SSSR count). The van der Waals surface area contributed by atoms with Crippen LogP contribution in [0, 0.1) is 23.7 Å². The van der Waals surface area contributed by atoms with Crippen molar-refractivity contribution in [2.45, 2.75) is 25.7 Å². The zero-order valence-electron chi connectivity index (χ0n) is 17.6. The van der Waals surface area contributed by atoms with Crippen molar-refractivity contribution in [2.24, 2.45) is 23.7 Å². The fourth-order valence-corrected chi connectivity index (χ4v) is 5.21. The van der Waals surface area contributed by atoms with Crippen LogP contribution in [-0.4, -0.2) is 56.0 Å². The molecule has 0 radical (unpaired) electrons. The Morgan fingerprint density at radius 3 is 2.35 bits per heavy atom. The maximum absolute atomic E-state index is 12.6. The normalized spacial score (nSPS) is 26.1. The minimum atomic E-state index is -0.645. The third-order valence-corrected chi connectivity index (χ3v) is 6.60. The van der Waals surface area contributed by atoms with Crippen molar-refractivity contribution in [1.82, 2.24) is 4.90 Å². The van der Waals surface area contributed by atoms with E-state index in [4.69, 9.17) is 14.2 Å². The fourth-order valence-electron chi connectivity index (χ4n) is 5.21. The van der Waals surface area contributed by atoms with Crippen LogP contribution in [0.25, 0.3) is 0 Å². The second-order valence-corrected chi connectivity index (χ2v) is 8.24. The molecule has 4 atom stereocenters. The van der Waals surface area contributed by atoms with Gasteiger partial charge in [0.1, 0.15) is 11.5 Å². The molecular weight excluding hydrogens is 404 g/mol. The van der Waals surface area contributed by atoms with E-state index in [0.29, 0.717) is 29.0 Å². The number of methoxy groups -OCH3 is 2. The van der Waals surface area contributed by atoms with Crippen LogP contribution in [0.5, 0.6) is 11.5 Å². The molecule has 1 aliphatic heterocycles. The molecule has 3 amide bonds. The van der Waals surface area contributed by atoms with Gasteiger partial charge in [-0.25, -0.2) is 0 Å². The van der Waals surface area contributed by atoms with E-state index < -0.39 is 18.5 Å². The van der Waals surface area contributed by atoms with Gasteiger partial charge in [0.25, 0.3) is 5.91 Å². The predicted octanol–water partition coefficient (Wildman–Crippen LogP) is 1.61. The molecule has 9 nitrogen and oxygen atoms in total. The quantitative estimate of drug-likeness (QED) is 0.493. The summed E-state index contributed by atoms with van der Waals surface area (Å²) in [6, 6.07) is 4.92. The van der Waals surface area contributed by atoms with Crippen LogP contribution in [-0.2, 0) is 23.9 Å². The number of carbonyl (C=O) groups is 4. The molecule has 0 unspecified atom stereocenters. The van der Waals surface area contributed by atoms with Crippen LogP contribution >= 0.6 is 0 Å². The average molecular weight is 430 g/mol. The highest BCUT2D eigenvalue weighted by atomic mass is 16.5. The molecule has 0 aromatic heterocycles. The Morgan fingerprint density at radius 1 is 1.06 bits per heavy atom. The Hall–Kier alpha value is -3.10. The van der Waals surface area contributed by atoms with Crippen molar-refractivity contribution in [3.05, 3.63) is 18.2 Å². The van der Waals surface area contributed by atoms with Crippen molar-refractivity contribution < 1.29 is 33.4 Å². The molecule has 2 aliphatic carbocycles. The molecule has 166 valence electrons. The number of amides is 3. The summed E-state index contributed by atoms with van der Waals surface area (Å²) in [6.07, 6.45) is 2.85. The minimum Gasteiger partial charge on any atom is -0.497 e. The Morgan fingerprint density at radius 2 is 1.74 bits per heavy atom. The number of hydrogen-bond donors (Lipinski definition) is 1. The summed E-state index contributed by atoms with van der Waals surface area (Å²) in [5.41, 5.74) is 0.386. The van der Waals surface area contributed by atoms with Gasteiger partial charge in [-0.1, -0.05) is 0 Å². The molecule has 1 heterocycles. The van der Waals surface area contributed by atoms with Crippen LogP contribution in [0.1, 0.15) is 25.7 Å². The minimum absolute atomic E-state index is 0.00569. The summed E-state index contributed by atoms with van der Waals surface area (Å²) < 4.78 is 15.3. The molecule has 1 N–H and O–H groups in total. The van der Waals surface area contributed by atoms with Crippen LogP contribution in [0.15, 0.2) is 18.2 Å². The summed E-state index contributed by atoms with van der Waals surface area (Å²) in [7, 11) is 2.97. The van der Waals surface area contributed by atoms with Gasteiger partial charge in [-0.2, -0.15) is 0 Å². The van der Waals surface area contributed by atoms with Gasteiger partial charge < -0.3 is 19.5 Å². The highest BCUT2D eigenvalue weighted by molar-refractivity contribution is 6.06. The number of esters is 1. The van der Waals surface area contributed by atoms with Gasteiger partial charge in [0.2, 0.25) is 11.8 Å². The summed E-state index contributed by atoms with van der Waals surface area (Å²) in [5, 5.41) is 2.61. The molecule has 1 saturated heterocycles. The maximum atomic E-state index is 12.6. The molecule has 0 spiro atoms. The van der Waals surface area contributed by atoms with Crippen LogP contribution in [0.4, 0.5) is 5.69 Å². The van der Waals surface area contributed by atoms with E-state index in [-0.39, 0.29) is 36.6 Å². The Balaban J connectivity index is 1.25. The monoisotopic (exact) mass is 430 g/mol. The Bertz CT molecular complexity index is 887. The molecule has 1 aromatic rings. The van der Waals surface area contributed by atoms with Crippen molar-refractivity contribution >= 4 is 29.4 Å².